The Morgan fingerprint density at radius 2 is 2.21 bits per heavy atom. The topological polar surface area (TPSA) is 56.3 Å². The standard InChI is InChI=1S/C9H13NO3S/c1-2-13-7-8-14(11,12)9-5-3-4-6-10-9/h3-6H,2,7-8H2,1H3. The molecule has 14 heavy (non-hydrogen) atoms. The Morgan fingerprint density at radius 1 is 1.43 bits per heavy atom. The molecular formula is C9H13NO3S. The highest BCUT2D eigenvalue weighted by molar-refractivity contribution is 7.91. The van der Waals surface area contributed by atoms with Crippen LogP contribution in [0.3, 0.4) is 0 Å². The van der Waals surface area contributed by atoms with Gasteiger partial charge in [-0.1, -0.05) is 6.07 Å². The minimum atomic E-state index is -3.27. The zero-order valence-electron chi connectivity index (χ0n) is 8.01. The summed E-state index contributed by atoms with van der Waals surface area (Å²) in [6, 6.07) is 4.82. The van der Waals surface area contributed by atoms with Crippen LogP contribution < -0.4 is 0 Å². The molecule has 0 fully saturated rings. The number of rotatable bonds is 5. The molecule has 0 radical (unpaired) electrons. The molecule has 0 amide bonds. The molecule has 1 rings (SSSR count). The van der Waals surface area contributed by atoms with Gasteiger partial charge in [-0.3, -0.25) is 0 Å². The zero-order chi connectivity index (χ0) is 10.4. The number of ether oxygens (including phenoxy) is 1. The first-order chi connectivity index (χ1) is 6.67. The minimum Gasteiger partial charge on any atom is -0.381 e. The smallest absolute Gasteiger partial charge is 0.197 e. The van der Waals surface area contributed by atoms with E-state index in [9.17, 15) is 8.42 Å². The number of nitrogens with zero attached hydrogens (tertiary/aromatic N) is 1. The minimum absolute atomic E-state index is 0.0160. The van der Waals surface area contributed by atoms with Crippen LogP contribution in [0.1, 0.15) is 6.92 Å². The Labute approximate surface area is 83.8 Å². The normalized spacial score (nSPS) is 11.5. The maximum absolute atomic E-state index is 11.6. The Morgan fingerprint density at radius 3 is 2.79 bits per heavy atom. The van der Waals surface area contributed by atoms with E-state index in [-0.39, 0.29) is 17.4 Å². The van der Waals surface area contributed by atoms with Crippen molar-refractivity contribution in [2.45, 2.75) is 11.9 Å². The van der Waals surface area contributed by atoms with E-state index >= 15 is 0 Å². The van der Waals surface area contributed by atoms with Crippen LogP contribution in [0.15, 0.2) is 29.4 Å². The fraction of sp³-hybridized carbons (Fsp3) is 0.444. The number of hydrogen-bond acceptors (Lipinski definition) is 4. The second-order valence-corrected chi connectivity index (χ2v) is 4.74. The van der Waals surface area contributed by atoms with Crippen molar-refractivity contribution in [3.05, 3.63) is 24.4 Å². The van der Waals surface area contributed by atoms with E-state index in [4.69, 9.17) is 4.74 Å². The fourth-order valence-corrected chi connectivity index (χ4v) is 2.00. The lowest BCUT2D eigenvalue weighted by atomic mass is 10.5. The van der Waals surface area contributed by atoms with Crippen molar-refractivity contribution in [3.8, 4) is 0 Å². The third-order valence-corrected chi connectivity index (χ3v) is 3.24. The van der Waals surface area contributed by atoms with E-state index in [2.05, 4.69) is 4.98 Å². The quantitative estimate of drug-likeness (QED) is 0.684. The first kappa shape index (κ1) is 11.1. The van der Waals surface area contributed by atoms with Crippen LogP contribution in [0, 0.1) is 0 Å². The highest BCUT2D eigenvalue weighted by Gasteiger charge is 2.14. The van der Waals surface area contributed by atoms with Crippen LogP contribution in [-0.4, -0.2) is 32.4 Å². The molecule has 0 aliphatic rings. The Balaban J connectivity index is 2.67. The van der Waals surface area contributed by atoms with Crippen molar-refractivity contribution in [1.82, 2.24) is 4.98 Å². The molecule has 0 saturated carbocycles. The second kappa shape index (κ2) is 5.07. The molecule has 1 heterocycles. The van der Waals surface area contributed by atoms with E-state index in [0.29, 0.717) is 6.61 Å². The van der Waals surface area contributed by atoms with Gasteiger partial charge < -0.3 is 4.74 Å². The van der Waals surface area contributed by atoms with E-state index < -0.39 is 9.84 Å². The molecule has 0 bridgehead atoms. The fourth-order valence-electron chi connectivity index (χ4n) is 0.949. The monoisotopic (exact) mass is 215 g/mol. The predicted octanol–water partition coefficient (Wildman–Crippen LogP) is 0.892. The summed E-state index contributed by atoms with van der Waals surface area (Å²) in [7, 11) is -3.27. The van der Waals surface area contributed by atoms with Crippen LogP contribution in [0.4, 0.5) is 0 Å². The lowest BCUT2D eigenvalue weighted by molar-refractivity contribution is 0.163. The van der Waals surface area contributed by atoms with Crippen LogP contribution in [0.2, 0.25) is 0 Å². The van der Waals surface area contributed by atoms with E-state index in [1.165, 1.54) is 12.3 Å². The Bertz CT molecular complexity index is 361. The lowest BCUT2D eigenvalue weighted by Crippen LogP contribution is -2.13. The number of aromatic nitrogens is 1. The molecule has 0 aliphatic carbocycles. The van der Waals surface area contributed by atoms with Gasteiger partial charge >= 0.3 is 0 Å². The summed E-state index contributed by atoms with van der Waals surface area (Å²) in [5.41, 5.74) is 0. The molecule has 78 valence electrons. The average Bonchev–Trinajstić information content (AvgIpc) is 2.19. The van der Waals surface area contributed by atoms with E-state index in [1.807, 2.05) is 6.92 Å². The van der Waals surface area contributed by atoms with Crippen molar-refractivity contribution >= 4 is 9.84 Å². The third-order valence-electron chi connectivity index (χ3n) is 1.66. The van der Waals surface area contributed by atoms with Gasteiger partial charge in [0, 0.05) is 12.8 Å². The van der Waals surface area contributed by atoms with Gasteiger partial charge in [-0.2, -0.15) is 0 Å². The maximum Gasteiger partial charge on any atom is 0.197 e. The summed E-state index contributed by atoms with van der Waals surface area (Å²) in [5.74, 6) is -0.0160. The molecule has 1 aromatic rings. The molecule has 5 heteroatoms. The molecule has 0 N–H and O–H groups in total. The first-order valence-electron chi connectivity index (χ1n) is 4.38. The van der Waals surface area contributed by atoms with Crippen LogP contribution in [-0.2, 0) is 14.6 Å². The molecule has 4 nitrogen and oxygen atoms in total. The van der Waals surface area contributed by atoms with Crippen molar-refractivity contribution < 1.29 is 13.2 Å². The molecule has 0 spiro atoms. The molecule has 0 aliphatic heterocycles. The van der Waals surface area contributed by atoms with Crippen LogP contribution >= 0.6 is 0 Å². The van der Waals surface area contributed by atoms with Gasteiger partial charge in [0.15, 0.2) is 14.9 Å². The first-order valence-corrected chi connectivity index (χ1v) is 6.03. The van der Waals surface area contributed by atoms with Crippen LogP contribution in [0.25, 0.3) is 0 Å². The van der Waals surface area contributed by atoms with Crippen molar-refractivity contribution in [1.29, 1.82) is 0 Å². The number of hydrogen-bond donors (Lipinski definition) is 0. The summed E-state index contributed by atoms with van der Waals surface area (Å²) in [6.07, 6.45) is 1.47. The average molecular weight is 215 g/mol. The zero-order valence-corrected chi connectivity index (χ0v) is 8.83. The second-order valence-electron chi connectivity index (χ2n) is 2.68. The summed E-state index contributed by atoms with van der Waals surface area (Å²) in [5, 5.41) is 0.111. The highest BCUT2D eigenvalue weighted by Crippen LogP contribution is 2.05. The molecule has 0 unspecified atom stereocenters. The Kier molecular flexibility index (Phi) is 4.03. The van der Waals surface area contributed by atoms with Gasteiger partial charge in [-0.15, -0.1) is 0 Å². The highest BCUT2D eigenvalue weighted by atomic mass is 32.2. The van der Waals surface area contributed by atoms with Gasteiger partial charge in [0.05, 0.1) is 12.4 Å². The molecule has 0 aromatic carbocycles. The van der Waals surface area contributed by atoms with Crippen molar-refractivity contribution in [2.75, 3.05) is 19.0 Å². The maximum atomic E-state index is 11.6. The van der Waals surface area contributed by atoms with E-state index in [1.54, 1.807) is 12.1 Å². The number of sulfone groups is 1. The molecular weight excluding hydrogens is 202 g/mol. The van der Waals surface area contributed by atoms with Gasteiger partial charge in [-0.25, -0.2) is 13.4 Å². The summed E-state index contributed by atoms with van der Waals surface area (Å²) >= 11 is 0. The van der Waals surface area contributed by atoms with Gasteiger partial charge in [0.2, 0.25) is 0 Å². The lowest BCUT2D eigenvalue weighted by Gasteiger charge is -2.02. The van der Waals surface area contributed by atoms with Crippen molar-refractivity contribution in [3.63, 3.8) is 0 Å². The largest absolute Gasteiger partial charge is 0.381 e. The van der Waals surface area contributed by atoms with Crippen molar-refractivity contribution in [2.24, 2.45) is 0 Å². The van der Waals surface area contributed by atoms with Gasteiger partial charge in [0.25, 0.3) is 0 Å². The van der Waals surface area contributed by atoms with Crippen LogP contribution in [0.5, 0.6) is 0 Å². The third kappa shape index (κ3) is 3.08. The summed E-state index contributed by atoms with van der Waals surface area (Å²) in [4.78, 5) is 3.79. The van der Waals surface area contributed by atoms with Gasteiger partial charge in [-0.05, 0) is 19.1 Å². The number of pyridine rings is 1. The molecule has 0 atom stereocenters. The molecule has 1 aromatic heterocycles. The Hall–Kier alpha value is -0.940. The SMILES string of the molecule is CCOCCS(=O)(=O)c1ccccn1. The van der Waals surface area contributed by atoms with E-state index in [0.717, 1.165) is 0 Å². The summed E-state index contributed by atoms with van der Waals surface area (Å²) in [6.45, 7) is 2.57. The molecule has 0 saturated heterocycles. The van der Waals surface area contributed by atoms with Gasteiger partial charge in [0.1, 0.15) is 0 Å². The summed E-state index contributed by atoms with van der Waals surface area (Å²) < 4.78 is 28.1. The predicted molar refractivity (Wildman–Crippen MR) is 52.8 cm³/mol.